The topological polar surface area (TPSA) is 26.0 Å². The molecule has 0 unspecified atom stereocenters. The molecule has 0 radical (unpaired) electrons. The van der Waals surface area contributed by atoms with Crippen LogP contribution < -0.4 is 5.73 Å². The number of aryl methyl sites for hydroxylation is 2. The number of benzene rings is 2. The van der Waals surface area contributed by atoms with Gasteiger partial charge in [-0.25, -0.2) is 0 Å². The van der Waals surface area contributed by atoms with Gasteiger partial charge in [0.1, 0.15) is 0 Å². The van der Waals surface area contributed by atoms with Gasteiger partial charge in [0.05, 0.1) is 0 Å². The molecule has 0 saturated carbocycles. The van der Waals surface area contributed by atoms with E-state index in [-0.39, 0.29) is 0 Å². The summed E-state index contributed by atoms with van der Waals surface area (Å²) in [7, 11) is 0. The van der Waals surface area contributed by atoms with Gasteiger partial charge in [-0.15, -0.1) is 0 Å². The smallest absolute Gasteiger partial charge is 0.00365 e. The van der Waals surface area contributed by atoms with Crippen LogP contribution in [0.2, 0.25) is 0 Å². The summed E-state index contributed by atoms with van der Waals surface area (Å²) in [6.45, 7) is 4.95. The van der Waals surface area contributed by atoms with Crippen LogP contribution in [0.5, 0.6) is 0 Å². The monoisotopic (exact) mass is 225 g/mol. The zero-order valence-electron chi connectivity index (χ0n) is 10.5. The fourth-order valence-electron chi connectivity index (χ4n) is 2.15. The zero-order valence-corrected chi connectivity index (χ0v) is 10.5. The molecule has 88 valence electrons. The van der Waals surface area contributed by atoms with Crippen molar-refractivity contribution in [3.63, 3.8) is 0 Å². The van der Waals surface area contributed by atoms with E-state index < -0.39 is 0 Å². The van der Waals surface area contributed by atoms with Crippen molar-refractivity contribution in [3.8, 4) is 11.1 Å². The minimum Gasteiger partial charge on any atom is -0.330 e. The lowest BCUT2D eigenvalue weighted by molar-refractivity contribution is 0.969. The highest BCUT2D eigenvalue weighted by molar-refractivity contribution is 5.68. The Kier molecular flexibility index (Phi) is 3.60. The first kappa shape index (κ1) is 11.9. The summed E-state index contributed by atoms with van der Waals surface area (Å²) in [5.74, 6) is 0. The largest absolute Gasteiger partial charge is 0.330 e. The van der Waals surface area contributed by atoms with Crippen molar-refractivity contribution in [2.24, 2.45) is 5.73 Å². The summed E-state index contributed by atoms with van der Waals surface area (Å²) < 4.78 is 0. The Labute approximate surface area is 103 Å². The molecule has 0 heterocycles. The van der Waals surface area contributed by atoms with Crippen molar-refractivity contribution in [3.05, 3.63) is 59.2 Å². The van der Waals surface area contributed by atoms with E-state index in [1.54, 1.807) is 0 Å². The van der Waals surface area contributed by atoms with Crippen LogP contribution in [-0.2, 0) is 6.42 Å². The molecule has 0 bridgehead atoms. The maximum absolute atomic E-state index is 5.68. The van der Waals surface area contributed by atoms with Crippen LogP contribution in [0.1, 0.15) is 16.7 Å². The molecule has 0 atom stereocenters. The first-order valence-electron chi connectivity index (χ1n) is 6.07. The Balaban J connectivity index is 2.52. The SMILES string of the molecule is Cc1cccc(-c2cc(C)ccc2CCN)c1. The molecular formula is C16H19N. The lowest BCUT2D eigenvalue weighted by atomic mass is 9.95. The summed E-state index contributed by atoms with van der Waals surface area (Å²) in [6, 6.07) is 15.2. The van der Waals surface area contributed by atoms with Gasteiger partial charge in [0, 0.05) is 0 Å². The van der Waals surface area contributed by atoms with Crippen molar-refractivity contribution in [1.82, 2.24) is 0 Å². The standard InChI is InChI=1S/C16H19N/c1-12-4-3-5-15(10-12)16-11-13(2)6-7-14(16)8-9-17/h3-7,10-11H,8-9,17H2,1-2H3. The molecule has 1 nitrogen and oxygen atoms in total. The molecule has 1 heteroatoms. The zero-order chi connectivity index (χ0) is 12.3. The average Bonchev–Trinajstić information content (AvgIpc) is 2.32. The van der Waals surface area contributed by atoms with E-state index >= 15 is 0 Å². The first-order valence-corrected chi connectivity index (χ1v) is 6.07. The molecule has 2 rings (SSSR count). The molecule has 0 amide bonds. The predicted octanol–water partition coefficient (Wildman–Crippen LogP) is 3.47. The quantitative estimate of drug-likeness (QED) is 0.850. The van der Waals surface area contributed by atoms with Gasteiger partial charge in [-0.2, -0.15) is 0 Å². The Morgan fingerprint density at radius 1 is 0.941 bits per heavy atom. The van der Waals surface area contributed by atoms with Gasteiger partial charge in [-0.3, -0.25) is 0 Å². The van der Waals surface area contributed by atoms with Gasteiger partial charge in [0.15, 0.2) is 0 Å². The van der Waals surface area contributed by atoms with E-state index in [0.29, 0.717) is 6.54 Å². The van der Waals surface area contributed by atoms with Gasteiger partial charge in [0.2, 0.25) is 0 Å². The molecule has 0 aliphatic heterocycles. The molecule has 0 aromatic heterocycles. The fourth-order valence-corrected chi connectivity index (χ4v) is 2.15. The number of hydrogen-bond acceptors (Lipinski definition) is 1. The summed E-state index contributed by atoms with van der Waals surface area (Å²) in [6.07, 6.45) is 0.934. The molecule has 0 saturated heterocycles. The van der Waals surface area contributed by atoms with Crippen molar-refractivity contribution in [2.45, 2.75) is 20.3 Å². The van der Waals surface area contributed by atoms with Crippen molar-refractivity contribution >= 4 is 0 Å². The summed E-state index contributed by atoms with van der Waals surface area (Å²) in [5.41, 5.74) is 12.2. The van der Waals surface area contributed by atoms with Crippen LogP contribution in [0, 0.1) is 13.8 Å². The Morgan fingerprint density at radius 2 is 1.71 bits per heavy atom. The highest BCUT2D eigenvalue weighted by Crippen LogP contribution is 2.26. The Morgan fingerprint density at radius 3 is 2.41 bits per heavy atom. The van der Waals surface area contributed by atoms with E-state index in [9.17, 15) is 0 Å². The maximum atomic E-state index is 5.68. The van der Waals surface area contributed by atoms with Gasteiger partial charge in [-0.1, -0.05) is 53.6 Å². The van der Waals surface area contributed by atoms with Crippen LogP contribution >= 0.6 is 0 Å². The second kappa shape index (κ2) is 5.15. The molecule has 0 spiro atoms. The van der Waals surface area contributed by atoms with Gasteiger partial charge in [-0.05, 0) is 43.5 Å². The van der Waals surface area contributed by atoms with Gasteiger partial charge >= 0.3 is 0 Å². The average molecular weight is 225 g/mol. The van der Waals surface area contributed by atoms with Crippen molar-refractivity contribution in [1.29, 1.82) is 0 Å². The molecule has 2 aromatic carbocycles. The fraction of sp³-hybridized carbons (Fsp3) is 0.250. The molecule has 2 aromatic rings. The van der Waals surface area contributed by atoms with Gasteiger partial charge in [0.25, 0.3) is 0 Å². The van der Waals surface area contributed by atoms with E-state index in [0.717, 1.165) is 6.42 Å². The highest BCUT2D eigenvalue weighted by atomic mass is 14.5. The number of rotatable bonds is 3. The van der Waals surface area contributed by atoms with Gasteiger partial charge < -0.3 is 5.73 Å². The molecule has 17 heavy (non-hydrogen) atoms. The normalized spacial score (nSPS) is 10.5. The van der Waals surface area contributed by atoms with Crippen LogP contribution in [0.15, 0.2) is 42.5 Å². The minimum absolute atomic E-state index is 0.696. The van der Waals surface area contributed by atoms with E-state index in [4.69, 9.17) is 5.73 Å². The summed E-state index contributed by atoms with van der Waals surface area (Å²) in [5, 5.41) is 0. The molecular weight excluding hydrogens is 206 g/mol. The Hall–Kier alpha value is -1.60. The van der Waals surface area contributed by atoms with E-state index in [1.807, 2.05) is 0 Å². The maximum Gasteiger partial charge on any atom is -0.00365 e. The van der Waals surface area contributed by atoms with Crippen LogP contribution in [0.3, 0.4) is 0 Å². The van der Waals surface area contributed by atoms with Crippen molar-refractivity contribution in [2.75, 3.05) is 6.54 Å². The lowest BCUT2D eigenvalue weighted by Crippen LogP contribution is -2.04. The third kappa shape index (κ3) is 2.75. The molecule has 0 aliphatic carbocycles. The van der Waals surface area contributed by atoms with E-state index in [1.165, 1.54) is 27.8 Å². The second-order valence-electron chi connectivity index (χ2n) is 4.57. The molecule has 0 fully saturated rings. The number of nitrogens with two attached hydrogens (primary N) is 1. The minimum atomic E-state index is 0.696. The van der Waals surface area contributed by atoms with Crippen molar-refractivity contribution < 1.29 is 0 Å². The third-order valence-electron chi connectivity index (χ3n) is 3.01. The Bertz CT molecular complexity index is 515. The number of hydrogen-bond donors (Lipinski definition) is 1. The predicted molar refractivity (Wildman–Crippen MR) is 74.1 cm³/mol. The van der Waals surface area contributed by atoms with Crippen LogP contribution in [0.4, 0.5) is 0 Å². The molecule has 2 N–H and O–H groups in total. The van der Waals surface area contributed by atoms with Crippen LogP contribution in [0.25, 0.3) is 11.1 Å². The lowest BCUT2D eigenvalue weighted by Gasteiger charge is -2.11. The third-order valence-corrected chi connectivity index (χ3v) is 3.01. The van der Waals surface area contributed by atoms with E-state index in [2.05, 4.69) is 56.3 Å². The summed E-state index contributed by atoms with van der Waals surface area (Å²) >= 11 is 0. The second-order valence-corrected chi connectivity index (χ2v) is 4.57. The first-order chi connectivity index (χ1) is 8.20. The molecule has 0 aliphatic rings. The summed E-state index contributed by atoms with van der Waals surface area (Å²) in [4.78, 5) is 0. The highest BCUT2D eigenvalue weighted by Gasteiger charge is 2.05. The van der Waals surface area contributed by atoms with Crippen LogP contribution in [-0.4, -0.2) is 6.54 Å².